The molecule has 0 radical (unpaired) electrons. The van der Waals surface area contributed by atoms with Gasteiger partial charge in [0.2, 0.25) is 0 Å². The van der Waals surface area contributed by atoms with Crippen molar-refractivity contribution in [1.82, 2.24) is 5.32 Å². The fourth-order valence-corrected chi connectivity index (χ4v) is 2.35. The first-order valence-electron chi connectivity index (χ1n) is 6.49. The number of benzene rings is 1. The molecule has 3 nitrogen and oxygen atoms in total. The summed E-state index contributed by atoms with van der Waals surface area (Å²) in [6, 6.07) is 4.23. The van der Waals surface area contributed by atoms with Gasteiger partial charge in [0.1, 0.15) is 5.75 Å². The number of methoxy groups -OCH3 is 1. The van der Waals surface area contributed by atoms with Crippen LogP contribution in [0.25, 0.3) is 0 Å². The Kier molecular flexibility index (Phi) is 5.17. The van der Waals surface area contributed by atoms with Crippen molar-refractivity contribution in [2.24, 2.45) is 5.73 Å². The summed E-state index contributed by atoms with van der Waals surface area (Å²) in [7, 11) is 1.72. The molecule has 0 spiro atoms. The Labute approximate surface area is 111 Å². The minimum absolute atomic E-state index is 0.0935. The zero-order chi connectivity index (χ0) is 13.8. The minimum Gasteiger partial charge on any atom is -0.496 e. The van der Waals surface area contributed by atoms with E-state index in [9.17, 15) is 0 Å². The van der Waals surface area contributed by atoms with Gasteiger partial charge in [0.25, 0.3) is 0 Å². The predicted octanol–water partition coefficient (Wildman–Crippen LogP) is 2.14. The highest BCUT2D eigenvalue weighted by Gasteiger charge is 2.23. The van der Waals surface area contributed by atoms with Gasteiger partial charge in [-0.2, -0.15) is 0 Å². The molecular formula is C15H26N2O. The summed E-state index contributed by atoms with van der Waals surface area (Å²) < 4.78 is 5.36. The van der Waals surface area contributed by atoms with E-state index >= 15 is 0 Å². The van der Waals surface area contributed by atoms with Crippen molar-refractivity contribution in [3.05, 3.63) is 28.8 Å². The molecule has 1 aromatic carbocycles. The van der Waals surface area contributed by atoms with E-state index in [0.717, 1.165) is 18.8 Å². The Morgan fingerprint density at radius 3 is 2.44 bits per heavy atom. The van der Waals surface area contributed by atoms with Crippen LogP contribution in [0.15, 0.2) is 12.1 Å². The molecule has 0 heterocycles. The second-order valence-corrected chi connectivity index (χ2v) is 5.41. The molecule has 0 fully saturated rings. The van der Waals surface area contributed by atoms with Crippen LogP contribution in [-0.2, 0) is 5.41 Å². The molecule has 18 heavy (non-hydrogen) atoms. The molecule has 0 aliphatic heterocycles. The van der Waals surface area contributed by atoms with Crippen molar-refractivity contribution in [3.8, 4) is 5.75 Å². The van der Waals surface area contributed by atoms with Crippen molar-refractivity contribution in [3.63, 3.8) is 0 Å². The summed E-state index contributed by atoms with van der Waals surface area (Å²) in [6.45, 7) is 11.2. The van der Waals surface area contributed by atoms with Crippen LogP contribution in [0.5, 0.6) is 5.75 Å². The molecule has 0 atom stereocenters. The SMILES string of the molecule is COc1ccc(C(C)(C)CNCCN)c(C)c1C. The lowest BCUT2D eigenvalue weighted by molar-refractivity contribution is 0.409. The molecule has 1 aromatic rings. The Morgan fingerprint density at radius 2 is 1.89 bits per heavy atom. The van der Waals surface area contributed by atoms with Crippen LogP contribution in [0.2, 0.25) is 0 Å². The molecule has 0 saturated carbocycles. The number of ether oxygens (including phenoxy) is 1. The van der Waals surface area contributed by atoms with E-state index in [4.69, 9.17) is 10.5 Å². The summed E-state index contributed by atoms with van der Waals surface area (Å²) in [4.78, 5) is 0. The first-order valence-corrected chi connectivity index (χ1v) is 6.49. The van der Waals surface area contributed by atoms with Crippen LogP contribution in [-0.4, -0.2) is 26.7 Å². The average Bonchev–Trinajstić information content (AvgIpc) is 2.32. The Morgan fingerprint density at radius 1 is 1.22 bits per heavy atom. The van der Waals surface area contributed by atoms with Gasteiger partial charge < -0.3 is 15.8 Å². The minimum atomic E-state index is 0.0935. The van der Waals surface area contributed by atoms with Gasteiger partial charge in [-0.1, -0.05) is 19.9 Å². The van der Waals surface area contributed by atoms with Gasteiger partial charge in [-0.15, -0.1) is 0 Å². The standard InChI is InChI=1S/C15H26N2O/c1-11-12(2)14(18-5)7-6-13(11)15(3,4)10-17-9-8-16/h6-7,17H,8-10,16H2,1-5H3. The average molecular weight is 250 g/mol. The molecule has 0 aromatic heterocycles. The van der Waals surface area contributed by atoms with Gasteiger partial charge in [-0.25, -0.2) is 0 Å². The fraction of sp³-hybridized carbons (Fsp3) is 0.600. The zero-order valence-electron chi connectivity index (χ0n) is 12.3. The van der Waals surface area contributed by atoms with Gasteiger partial charge in [0, 0.05) is 25.0 Å². The van der Waals surface area contributed by atoms with Crippen LogP contribution >= 0.6 is 0 Å². The molecule has 102 valence electrons. The van der Waals surface area contributed by atoms with E-state index in [0.29, 0.717) is 6.54 Å². The Bertz CT molecular complexity index is 400. The molecule has 0 aliphatic rings. The van der Waals surface area contributed by atoms with E-state index in [1.165, 1.54) is 16.7 Å². The third kappa shape index (κ3) is 3.24. The van der Waals surface area contributed by atoms with Crippen molar-refractivity contribution in [1.29, 1.82) is 0 Å². The quantitative estimate of drug-likeness (QED) is 0.760. The topological polar surface area (TPSA) is 47.3 Å². The zero-order valence-corrected chi connectivity index (χ0v) is 12.3. The largest absolute Gasteiger partial charge is 0.496 e. The van der Waals surface area contributed by atoms with E-state index < -0.39 is 0 Å². The van der Waals surface area contributed by atoms with Crippen molar-refractivity contribution >= 4 is 0 Å². The molecule has 0 amide bonds. The van der Waals surface area contributed by atoms with Crippen LogP contribution in [0.1, 0.15) is 30.5 Å². The number of nitrogens with one attached hydrogen (secondary N) is 1. The molecule has 3 heteroatoms. The summed E-state index contributed by atoms with van der Waals surface area (Å²) in [6.07, 6.45) is 0. The van der Waals surface area contributed by atoms with Gasteiger partial charge in [0.05, 0.1) is 7.11 Å². The highest BCUT2D eigenvalue weighted by Crippen LogP contribution is 2.31. The normalized spacial score (nSPS) is 11.7. The van der Waals surface area contributed by atoms with Crippen molar-refractivity contribution < 1.29 is 4.74 Å². The number of rotatable bonds is 6. The monoisotopic (exact) mass is 250 g/mol. The van der Waals surface area contributed by atoms with Crippen LogP contribution in [0.3, 0.4) is 0 Å². The lowest BCUT2D eigenvalue weighted by Gasteiger charge is -2.29. The predicted molar refractivity (Wildman–Crippen MR) is 77.4 cm³/mol. The highest BCUT2D eigenvalue weighted by molar-refractivity contribution is 5.46. The second-order valence-electron chi connectivity index (χ2n) is 5.41. The maximum atomic E-state index is 5.51. The third-order valence-electron chi connectivity index (χ3n) is 3.57. The summed E-state index contributed by atoms with van der Waals surface area (Å²) in [5.74, 6) is 0.960. The number of hydrogen-bond donors (Lipinski definition) is 2. The third-order valence-corrected chi connectivity index (χ3v) is 3.57. The smallest absolute Gasteiger partial charge is 0.122 e. The van der Waals surface area contributed by atoms with Crippen LogP contribution < -0.4 is 15.8 Å². The highest BCUT2D eigenvalue weighted by atomic mass is 16.5. The Hall–Kier alpha value is -1.06. The molecule has 3 N–H and O–H groups in total. The maximum absolute atomic E-state index is 5.51. The summed E-state index contributed by atoms with van der Waals surface area (Å²) in [5, 5.41) is 3.39. The van der Waals surface area contributed by atoms with Crippen LogP contribution in [0.4, 0.5) is 0 Å². The fourth-order valence-electron chi connectivity index (χ4n) is 2.35. The van der Waals surface area contributed by atoms with Gasteiger partial charge in [-0.05, 0) is 36.6 Å². The van der Waals surface area contributed by atoms with Gasteiger partial charge in [0.15, 0.2) is 0 Å². The Balaban J connectivity index is 2.98. The van der Waals surface area contributed by atoms with E-state index in [-0.39, 0.29) is 5.41 Å². The first kappa shape index (κ1) is 15.0. The number of hydrogen-bond acceptors (Lipinski definition) is 3. The van der Waals surface area contributed by atoms with Gasteiger partial charge in [-0.3, -0.25) is 0 Å². The van der Waals surface area contributed by atoms with Crippen molar-refractivity contribution in [2.75, 3.05) is 26.7 Å². The van der Waals surface area contributed by atoms with Crippen LogP contribution in [0, 0.1) is 13.8 Å². The molecule has 0 saturated heterocycles. The first-order chi connectivity index (χ1) is 8.44. The van der Waals surface area contributed by atoms with Gasteiger partial charge >= 0.3 is 0 Å². The molecule has 1 rings (SSSR count). The molecular weight excluding hydrogens is 224 g/mol. The lowest BCUT2D eigenvalue weighted by atomic mass is 9.80. The summed E-state index contributed by atoms with van der Waals surface area (Å²) in [5.41, 5.74) is 9.51. The summed E-state index contributed by atoms with van der Waals surface area (Å²) >= 11 is 0. The lowest BCUT2D eigenvalue weighted by Crippen LogP contribution is -2.36. The van der Waals surface area contributed by atoms with Crippen molar-refractivity contribution in [2.45, 2.75) is 33.1 Å². The maximum Gasteiger partial charge on any atom is 0.122 e. The van der Waals surface area contributed by atoms with E-state index in [2.05, 4.69) is 45.1 Å². The molecule has 0 unspecified atom stereocenters. The molecule has 0 bridgehead atoms. The number of nitrogens with two attached hydrogens (primary N) is 1. The molecule has 0 aliphatic carbocycles. The van der Waals surface area contributed by atoms with E-state index in [1.807, 2.05) is 0 Å². The van der Waals surface area contributed by atoms with E-state index in [1.54, 1.807) is 7.11 Å². The second kappa shape index (κ2) is 6.21.